The minimum Gasteiger partial charge on any atom is -0.378 e. The number of nitrogens with zero attached hydrogens (tertiary/aromatic N) is 4. The minimum atomic E-state index is 0.178. The van der Waals surface area contributed by atoms with Gasteiger partial charge in [0, 0.05) is 7.05 Å². The van der Waals surface area contributed by atoms with Gasteiger partial charge in [0.2, 0.25) is 5.95 Å². The van der Waals surface area contributed by atoms with Crippen molar-refractivity contribution in [2.45, 2.75) is 6.92 Å². The molecule has 5 N–H and O–H groups in total. The van der Waals surface area contributed by atoms with Crippen LogP contribution in [0, 0.1) is 6.92 Å². The molecule has 15 heavy (non-hydrogen) atoms. The van der Waals surface area contributed by atoms with Crippen LogP contribution in [0.1, 0.15) is 5.69 Å². The van der Waals surface area contributed by atoms with Gasteiger partial charge in [0.05, 0.1) is 11.3 Å². The zero-order chi connectivity index (χ0) is 11.0. The van der Waals surface area contributed by atoms with Crippen LogP contribution < -0.4 is 16.9 Å². The third kappa shape index (κ3) is 1.38. The molecular formula is C7H11N7S. The summed E-state index contributed by atoms with van der Waals surface area (Å²) in [5.41, 5.74) is 7.21. The molecule has 0 atom stereocenters. The largest absolute Gasteiger partial charge is 0.378 e. The maximum atomic E-state index is 5.70. The highest BCUT2D eigenvalue weighted by Crippen LogP contribution is 2.32. The predicted molar refractivity (Wildman–Crippen MR) is 60.0 cm³/mol. The Morgan fingerprint density at radius 1 is 1.40 bits per heavy atom. The second-order valence-electron chi connectivity index (χ2n) is 2.97. The third-order valence-corrected chi connectivity index (χ3v) is 2.99. The predicted octanol–water partition coefficient (Wildman–Crippen LogP) is 0.0477. The van der Waals surface area contributed by atoms with Crippen molar-refractivity contribution in [3.05, 3.63) is 5.69 Å². The number of hydrogen-bond donors (Lipinski definition) is 3. The van der Waals surface area contributed by atoms with Crippen LogP contribution in [0.5, 0.6) is 0 Å². The van der Waals surface area contributed by atoms with Crippen molar-refractivity contribution in [2.75, 3.05) is 23.9 Å². The van der Waals surface area contributed by atoms with Crippen molar-refractivity contribution >= 4 is 22.5 Å². The first kappa shape index (κ1) is 9.71. The molecule has 2 aromatic rings. The lowest BCUT2D eigenvalue weighted by molar-refractivity contribution is 1.02. The lowest BCUT2D eigenvalue weighted by Crippen LogP contribution is -2.13. The molecule has 0 saturated heterocycles. The van der Waals surface area contributed by atoms with Crippen LogP contribution in [-0.2, 0) is 0 Å². The van der Waals surface area contributed by atoms with E-state index in [9.17, 15) is 0 Å². The summed E-state index contributed by atoms with van der Waals surface area (Å²) >= 11 is 1.35. The highest BCUT2D eigenvalue weighted by molar-refractivity contribution is 7.10. The number of nitrogens with one attached hydrogen (secondary N) is 1. The van der Waals surface area contributed by atoms with E-state index < -0.39 is 0 Å². The monoisotopic (exact) mass is 225 g/mol. The van der Waals surface area contributed by atoms with Crippen LogP contribution in [0.25, 0.3) is 11.4 Å². The minimum absolute atomic E-state index is 0.178. The number of rotatable bonds is 2. The molecule has 0 saturated carbocycles. The molecule has 0 amide bonds. The molecule has 0 aliphatic carbocycles. The normalized spacial score (nSPS) is 10.5. The van der Waals surface area contributed by atoms with Gasteiger partial charge >= 0.3 is 0 Å². The van der Waals surface area contributed by atoms with E-state index in [4.69, 9.17) is 11.6 Å². The maximum Gasteiger partial charge on any atom is 0.241 e. The average molecular weight is 225 g/mol. The van der Waals surface area contributed by atoms with E-state index in [-0.39, 0.29) is 5.95 Å². The number of hydrogen-bond acceptors (Lipinski definition) is 7. The summed E-state index contributed by atoms with van der Waals surface area (Å²) < 4.78 is 5.46. The number of aryl methyl sites for hydroxylation is 1. The first-order valence-electron chi connectivity index (χ1n) is 4.25. The second-order valence-corrected chi connectivity index (χ2v) is 3.75. The van der Waals surface area contributed by atoms with Crippen molar-refractivity contribution in [3.63, 3.8) is 0 Å². The van der Waals surface area contributed by atoms with Gasteiger partial charge in [-0.05, 0) is 18.5 Å². The fourth-order valence-electron chi connectivity index (χ4n) is 1.28. The Kier molecular flexibility index (Phi) is 2.19. The molecule has 0 fully saturated rings. The third-order valence-electron chi connectivity index (χ3n) is 2.04. The summed E-state index contributed by atoms with van der Waals surface area (Å²) in [6.07, 6.45) is 0. The van der Waals surface area contributed by atoms with Gasteiger partial charge in [0.1, 0.15) is 5.00 Å². The van der Waals surface area contributed by atoms with Crippen LogP contribution >= 0.6 is 11.5 Å². The molecular weight excluding hydrogens is 214 g/mol. The van der Waals surface area contributed by atoms with Crippen LogP contribution in [0.4, 0.5) is 10.9 Å². The van der Waals surface area contributed by atoms with Crippen LogP contribution in [0.15, 0.2) is 0 Å². The van der Waals surface area contributed by atoms with Crippen molar-refractivity contribution < 1.29 is 0 Å². The van der Waals surface area contributed by atoms with Crippen LogP contribution in [0.2, 0.25) is 0 Å². The highest BCUT2D eigenvalue weighted by Gasteiger charge is 2.18. The van der Waals surface area contributed by atoms with E-state index in [1.54, 1.807) is 0 Å². The molecule has 0 aromatic carbocycles. The van der Waals surface area contributed by atoms with E-state index in [2.05, 4.69) is 19.9 Å². The zero-order valence-corrected chi connectivity index (χ0v) is 9.17. The summed E-state index contributed by atoms with van der Waals surface area (Å²) in [4.78, 5) is 0. The van der Waals surface area contributed by atoms with Gasteiger partial charge in [-0.1, -0.05) is 0 Å². The van der Waals surface area contributed by atoms with E-state index >= 15 is 0 Å². The summed E-state index contributed by atoms with van der Waals surface area (Å²) in [6.45, 7) is 1.89. The second kappa shape index (κ2) is 3.39. The number of nitrogen functional groups attached to an aromatic ring is 2. The molecule has 2 aromatic heterocycles. The standard InChI is InChI=1S/C7H11N7S/c1-3-4(6(10-2)15-13-3)5-11-12-7(8)14(5)9/h10H,9H2,1-2H3,(H2,8,12). The molecule has 7 nitrogen and oxygen atoms in total. The molecule has 0 unspecified atom stereocenters. The number of anilines is 2. The zero-order valence-electron chi connectivity index (χ0n) is 8.35. The van der Waals surface area contributed by atoms with Gasteiger partial charge in [-0.2, -0.15) is 4.37 Å². The Hall–Kier alpha value is -1.83. The fourth-order valence-corrected chi connectivity index (χ4v) is 2.02. The number of aromatic nitrogens is 4. The van der Waals surface area contributed by atoms with Gasteiger partial charge in [-0.3, -0.25) is 0 Å². The molecule has 0 aliphatic heterocycles. The van der Waals surface area contributed by atoms with Gasteiger partial charge in [0.15, 0.2) is 5.82 Å². The fraction of sp³-hybridized carbons (Fsp3) is 0.286. The van der Waals surface area contributed by atoms with E-state index in [0.29, 0.717) is 5.82 Å². The molecule has 8 heteroatoms. The summed E-state index contributed by atoms with van der Waals surface area (Å²) in [5, 5.41) is 11.5. The van der Waals surface area contributed by atoms with Gasteiger partial charge in [0.25, 0.3) is 0 Å². The first-order valence-corrected chi connectivity index (χ1v) is 5.03. The topological polar surface area (TPSA) is 108 Å². The van der Waals surface area contributed by atoms with Crippen molar-refractivity contribution in [2.24, 2.45) is 0 Å². The quantitative estimate of drug-likeness (QED) is 0.623. The molecule has 0 aliphatic rings. The Morgan fingerprint density at radius 2 is 2.13 bits per heavy atom. The Morgan fingerprint density at radius 3 is 2.67 bits per heavy atom. The summed E-state index contributed by atoms with van der Waals surface area (Å²) in [7, 11) is 1.82. The molecule has 2 heterocycles. The van der Waals surface area contributed by atoms with E-state index in [1.807, 2.05) is 14.0 Å². The van der Waals surface area contributed by atoms with Gasteiger partial charge in [-0.25, -0.2) is 4.68 Å². The average Bonchev–Trinajstić information content (AvgIpc) is 2.73. The lowest BCUT2D eigenvalue weighted by atomic mass is 10.2. The van der Waals surface area contributed by atoms with E-state index in [1.165, 1.54) is 16.2 Å². The van der Waals surface area contributed by atoms with E-state index in [0.717, 1.165) is 16.3 Å². The SMILES string of the molecule is CNc1snc(C)c1-c1nnc(N)n1N. The van der Waals surface area contributed by atoms with Crippen molar-refractivity contribution in [1.82, 2.24) is 19.2 Å². The number of nitrogens with two attached hydrogens (primary N) is 2. The molecule has 2 rings (SSSR count). The Balaban J connectivity index is 2.62. The maximum absolute atomic E-state index is 5.70. The first-order chi connectivity index (χ1) is 7.15. The summed E-state index contributed by atoms with van der Waals surface area (Å²) in [5.74, 6) is 6.40. The van der Waals surface area contributed by atoms with Crippen molar-refractivity contribution in [3.8, 4) is 11.4 Å². The Labute approximate surface area is 90.2 Å². The Bertz CT molecular complexity index is 485. The van der Waals surface area contributed by atoms with Crippen molar-refractivity contribution in [1.29, 1.82) is 0 Å². The van der Waals surface area contributed by atoms with Crippen LogP contribution in [-0.4, -0.2) is 26.3 Å². The molecule has 0 spiro atoms. The lowest BCUT2D eigenvalue weighted by Gasteiger charge is -2.02. The highest BCUT2D eigenvalue weighted by atomic mass is 32.1. The molecule has 0 bridgehead atoms. The smallest absolute Gasteiger partial charge is 0.241 e. The van der Waals surface area contributed by atoms with Gasteiger partial charge in [-0.15, -0.1) is 10.2 Å². The van der Waals surface area contributed by atoms with Crippen LogP contribution in [0.3, 0.4) is 0 Å². The van der Waals surface area contributed by atoms with Gasteiger partial charge < -0.3 is 16.9 Å². The molecule has 80 valence electrons. The molecule has 0 radical (unpaired) electrons. The summed E-state index contributed by atoms with van der Waals surface area (Å²) in [6, 6.07) is 0.